The molecule has 0 radical (unpaired) electrons. The van der Waals surface area contributed by atoms with E-state index in [1.807, 2.05) is 6.07 Å². The largest absolute Gasteiger partial charge is 0.384 e. The van der Waals surface area contributed by atoms with Crippen LogP contribution in [0.4, 0.5) is 11.4 Å². The summed E-state index contributed by atoms with van der Waals surface area (Å²) in [4.78, 5) is 0. The fraction of sp³-hybridized carbons (Fsp3) is 0.200. The number of fused-ring (bicyclic) bond motifs is 1. The number of rotatable bonds is 3. The molecule has 86 valence electrons. The highest BCUT2D eigenvalue weighted by molar-refractivity contribution is 5.62. The molecule has 2 aromatic rings. The molecule has 2 aromatic carbocycles. The van der Waals surface area contributed by atoms with E-state index in [1.54, 1.807) is 0 Å². The zero-order valence-corrected chi connectivity index (χ0v) is 9.74. The van der Waals surface area contributed by atoms with Crippen LogP contribution in [-0.4, -0.2) is 6.54 Å². The first kappa shape index (κ1) is 10.2. The Kier molecular flexibility index (Phi) is 2.70. The lowest BCUT2D eigenvalue weighted by Gasteiger charge is -2.10. The SMILES string of the molecule is c1ccc(NCc2cccc3c2NCC3)cc1. The van der Waals surface area contributed by atoms with Gasteiger partial charge in [0.1, 0.15) is 0 Å². The molecule has 0 unspecified atom stereocenters. The minimum Gasteiger partial charge on any atom is -0.384 e. The van der Waals surface area contributed by atoms with Crippen molar-refractivity contribution in [1.29, 1.82) is 0 Å². The van der Waals surface area contributed by atoms with Gasteiger partial charge in [-0.25, -0.2) is 0 Å². The normalized spacial score (nSPS) is 12.9. The standard InChI is InChI=1S/C15H16N2/c1-2-7-14(8-3-1)17-11-13-6-4-5-12-9-10-16-15(12)13/h1-8,16-17H,9-11H2. The summed E-state index contributed by atoms with van der Waals surface area (Å²) in [5.74, 6) is 0. The van der Waals surface area contributed by atoms with Crippen LogP contribution in [-0.2, 0) is 13.0 Å². The molecule has 1 aliphatic rings. The lowest BCUT2D eigenvalue weighted by Crippen LogP contribution is -2.02. The van der Waals surface area contributed by atoms with Crippen molar-refractivity contribution in [2.24, 2.45) is 0 Å². The van der Waals surface area contributed by atoms with Crippen LogP contribution in [0.3, 0.4) is 0 Å². The third-order valence-corrected chi connectivity index (χ3v) is 3.19. The monoisotopic (exact) mass is 224 g/mol. The number of hydrogen-bond donors (Lipinski definition) is 2. The minimum atomic E-state index is 0.875. The maximum atomic E-state index is 3.46. The predicted octanol–water partition coefficient (Wildman–Crippen LogP) is 3.27. The summed E-state index contributed by atoms with van der Waals surface area (Å²) in [6.45, 7) is 1.94. The Hall–Kier alpha value is -1.96. The van der Waals surface area contributed by atoms with Crippen LogP contribution in [0, 0.1) is 0 Å². The summed E-state index contributed by atoms with van der Waals surface area (Å²) >= 11 is 0. The molecule has 0 bridgehead atoms. The van der Waals surface area contributed by atoms with Gasteiger partial charge in [0, 0.05) is 24.5 Å². The summed E-state index contributed by atoms with van der Waals surface area (Å²) in [5.41, 5.74) is 5.29. The Balaban J connectivity index is 1.76. The fourth-order valence-electron chi connectivity index (χ4n) is 2.31. The fourth-order valence-corrected chi connectivity index (χ4v) is 2.31. The topological polar surface area (TPSA) is 24.1 Å². The molecule has 17 heavy (non-hydrogen) atoms. The van der Waals surface area contributed by atoms with Crippen LogP contribution < -0.4 is 10.6 Å². The van der Waals surface area contributed by atoms with E-state index in [0.717, 1.165) is 19.5 Å². The highest BCUT2D eigenvalue weighted by Gasteiger charge is 2.12. The van der Waals surface area contributed by atoms with Crippen molar-refractivity contribution in [3.05, 3.63) is 59.7 Å². The van der Waals surface area contributed by atoms with E-state index in [2.05, 4.69) is 53.1 Å². The molecule has 3 rings (SSSR count). The molecule has 2 heteroatoms. The molecule has 2 nitrogen and oxygen atoms in total. The van der Waals surface area contributed by atoms with Crippen molar-refractivity contribution in [3.63, 3.8) is 0 Å². The summed E-state index contributed by atoms with van der Waals surface area (Å²) in [6, 6.07) is 16.9. The average Bonchev–Trinajstić information content (AvgIpc) is 2.86. The molecule has 0 spiro atoms. The Morgan fingerprint density at radius 2 is 1.88 bits per heavy atom. The van der Waals surface area contributed by atoms with Crippen LogP contribution in [0.25, 0.3) is 0 Å². The van der Waals surface area contributed by atoms with Gasteiger partial charge in [-0.2, -0.15) is 0 Å². The van der Waals surface area contributed by atoms with E-state index in [4.69, 9.17) is 0 Å². The van der Waals surface area contributed by atoms with E-state index in [-0.39, 0.29) is 0 Å². The van der Waals surface area contributed by atoms with Gasteiger partial charge in [0.25, 0.3) is 0 Å². The van der Waals surface area contributed by atoms with Gasteiger partial charge < -0.3 is 10.6 Å². The van der Waals surface area contributed by atoms with Crippen molar-refractivity contribution < 1.29 is 0 Å². The maximum Gasteiger partial charge on any atom is 0.0424 e. The molecule has 0 saturated carbocycles. The van der Waals surface area contributed by atoms with Crippen LogP contribution in [0.5, 0.6) is 0 Å². The first-order chi connectivity index (χ1) is 8.43. The Bertz CT molecular complexity index is 506. The van der Waals surface area contributed by atoms with Crippen molar-refractivity contribution in [2.75, 3.05) is 17.2 Å². The van der Waals surface area contributed by atoms with Gasteiger partial charge in [0.05, 0.1) is 0 Å². The molecule has 0 aromatic heterocycles. The van der Waals surface area contributed by atoms with Gasteiger partial charge in [-0.1, -0.05) is 36.4 Å². The maximum absolute atomic E-state index is 3.46. The van der Waals surface area contributed by atoms with Crippen LogP contribution in [0.15, 0.2) is 48.5 Å². The first-order valence-corrected chi connectivity index (χ1v) is 6.07. The van der Waals surface area contributed by atoms with Crippen LogP contribution in [0.1, 0.15) is 11.1 Å². The molecule has 0 aliphatic carbocycles. The molecule has 2 N–H and O–H groups in total. The molecule has 0 saturated heterocycles. The van der Waals surface area contributed by atoms with Gasteiger partial charge in [0.2, 0.25) is 0 Å². The number of hydrogen-bond acceptors (Lipinski definition) is 2. The van der Waals surface area contributed by atoms with Gasteiger partial charge in [-0.15, -0.1) is 0 Å². The lowest BCUT2D eigenvalue weighted by atomic mass is 10.1. The zero-order chi connectivity index (χ0) is 11.5. The summed E-state index contributed by atoms with van der Waals surface area (Å²) in [6.07, 6.45) is 1.15. The lowest BCUT2D eigenvalue weighted by molar-refractivity contribution is 1.11. The average molecular weight is 224 g/mol. The van der Waals surface area contributed by atoms with E-state index in [0.29, 0.717) is 0 Å². The van der Waals surface area contributed by atoms with Gasteiger partial charge in [-0.3, -0.25) is 0 Å². The first-order valence-electron chi connectivity index (χ1n) is 6.07. The molecule has 1 aliphatic heterocycles. The van der Waals surface area contributed by atoms with Gasteiger partial charge >= 0.3 is 0 Å². The van der Waals surface area contributed by atoms with Crippen molar-refractivity contribution in [3.8, 4) is 0 Å². The van der Waals surface area contributed by atoms with E-state index in [1.165, 1.54) is 22.5 Å². The van der Waals surface area contributed by atoms with Crippen molar-refractivity contribution in [2.45, 2.75) is 13.0 Å². The Labute approximate surface area is 102 Å². The van der Waals surface area contributed by atoms with Crippen LogP contribution in [0.2, 0.25) is 0 Å². The molecular weight excluding hydrogens is 208 g/mol. The number of nitrogens with one attached hydrogen (secondary N) is 2. The third-order valence-electron chi connectivity index (χ3n) is 3.19. The van der Waals surface area contributed by atoms with E-state index < -0.39 is 0 Å². The highest BCUT2D eigenvalue weighted by atomic mass is 14.9. The molecule has 0 amide bonds. The van der Waals surface area contributed by atoms with Gasteiger partial charge in [-0.05, 0) is 29.7 Å². The summed E-state index contributed by atoms with van der Waals surface area (Å²) in [7, 11) is 0. The molecule has 0 atom stereocenters. The molecule has 1 heterocycles. The smallest absolute Gasteiger partial charge is 0.0424 e. The zero-order valence-electron chi connectivity index (χ0n) is 9.74. The summed E-state index contributed by atoms with van der Waals surface area (Å²) < 4.78 is 0. The number of benzene rings is 2. The highest BCUT2D eigenvalue weighted by Crippen LogP contribution is 2.26. The Morgan fingerprint density at radius 1 is 1.00 bits per heavy atom. The minimum absolute atomic E-state index is 0.875. The molecule has 0 fully saturated rings. The summed E-state index contributed by atoms with van der Waals surface area (Å²) in [5, 5.41) is 6.92. The van der Waals surface area contributed by atoms with Gasteiger partial charge in [0.15, 0.2) is 0 Å². The second-order valence-electron chi connectivity index (χ2n) is 4.35. The van der Waals surface area contributed by atoms with Crippen molar-refractivity contribution >= 4 is 11.4 Å². The second-order valence-corrected chi connectivity index (χ2v) is 4.35. The quantitative estimate of drug-likeness (QED) is 0.836. The van der Waals surface area contributed by atoms with Crippen molar-refractivity contribution in [1.82, 2.24) is 0 Å². The Morgan fingerprint density at radius 3 is 2.76 bits per heavy atom. The van der Waals surface area contributed by atoms with Crippen LogP contribution >= 0.6 is 0 Å². The second kappa shape index (κ2) is 4.50. The predicted molar refractivity (Wildman–Crippen MR) is 72.4 cm³/mol. The van der Waals surface area contributed by atoms with E-state index in [9.17, 15) is 0 Å². The van der Waals surface area contributed by atoms with E-state index >= 15 is 0 Å². The molecular formula is C15H16N2. The third kappa shape index (κ3) is 2.11. The number of para-hydroxylation sites is 2. The number of anilines is 2.